The van der Waals surface area contributed by atoms with E-state index in [1.54, 1.807) is 38.6 Å². The van der Waals surface area contributed by atoms with Gasteiger partial charge in [-0.25, -0.2) is 0 Å². The summed E-state index contributed by atoms with van der Waals surface area (Å²) < 4.78 is -0.803. The largest absolute Gasteiger partial charge is 0.394 e. The Kier molecular flexibility index (Phi) is 11.3. The first-order chi connectivity index (χ1) is 21.1. The van der Waals surface area contributed by atoms with Gasteiger partial charge in [0, 0.05) is 54.2 Å². The second-order valence-electron chi connectivity index (χ2n) is 12.4. The number of nitrogens with zero attached hydrogens (tertiary/aromatic N) is 4. The van der Waals surface area contributed by atoms with Crippen LogP contribution in [0.15, 0.2) is 49.6 Å². The maximum atomic E-state index is 15.0. The molecule has 3 heterocycles. The zero-order valence-corrected chi connectivity index (χ0v) is 29.2. The fourth-order valence-electron chi connectivity index (χ4n) is 7.57. The molecule has 3 unspecified atom stereocenters. The predicted molar refractivity (Wildman–Crippen MR) is 184 cm³/mol. The highest BCUT2D eigenvalue weighted by molar-refractivity contribution is 9.09. The number of hydrogen-bond acceptors (Lipinski definition) is 6. The highest BCUT2D eigenvalue weighted by atomic mass is 79.9. The summed E-state index contributed by atoms with van der Waals surface area (Å²) >= 11 is 5.50. The van der Waals surface area contributed by atoms with Gasteiger partial charge in [0.15, 0.2) is 0 Å². The van der Waals surface area contributed by atoms with Crippen molar-refractivity contribution in [3.63, 3.8) is 0 Å². The zero-order valence-electron chi connectivity index (χ0n) is 26.8. The molecule has 242 valence electrons. The molecule has 1 aromatic carbocycles. The van der Waals surface area contributed by atoms with E-state index in [4.69, 9.17) is 0 Å². The Morgan fingerprint density at radius 2 is 1.70 bits per heavy atom. The first kappa shape index (κ1) is 34.6. The third-order valence-corrected chi connectivity index (χ3v) is 12.8. The van der Waals surface area contributed by atoms with E-state index in [9.17, 15) is 19.5 Å². The summed E-state index contributed by atoms with van der Waals surface area (Å²) in [4.78, 5) is 51.2. The Bertz CT molecular complexity index is 1220. The fraction of sp³-hybridized carbons (Fsp3) is 0.618. The van der Waals surface area contributed by atoms with Gasteiger partial charge in [-0.15, -0.1) is 24.9 Å². The number of carbonyl (C=O) groups is 3. The number of anilines is 2. The normalized spacial score (nSPS) is 27.8. The lowest BCUT2D eigenvalue weighted by atomic mass is 9.70. The van der Waals surface area contributed by atoms with Gasteiger partial charge in [-0.2, -0.15) is 0 Å². The van der Waals surface area contributed by atoms with E-state index in [1.165, 1.54) is 0 Å². The van der Waals surface area contributed by atoms with Crippen molar-refractivity contribution in [3.8, 4) is 0 Å². The van der Waals surface area contributed by atoms with Gasteiger partial charge in [-0.05, 0) is 56.9 Å². The molecule has 1 N–H and O–H groups in total. The molecule has 8 nitrogen and oxygen atoms in total. The van der Waals surface area contributed by atoms with Gasteiger partial charge in [0.1, 0.15) is 6.04 Å². The first-order valence-corrected chi connectivity index (χ1v) is 17.8. The minimum atomic E-state index is -0.839. The van der Waals surface area contributed by atoms with Crippen LogP contribution in [-0.4, -0.2) is 98.9 Å². The summed E-state index contributed by atoms with van der Waals surface area (Å²) in [6.07, 6.45) is 4.81. The number of amides is 3. The minimum Gasteiger partial charge on any atom is -0.394 e. The van der Waals surface area contributed by atoms with Crippen molar-refractivity contribution in [1.82, 2.24) is 9.80 Å². The van der Waals surface area contributed by atoms with Crippen molar-refractivity contribution in [2.24, 2.45) is 17.8 Å². The van der Waals surface area contributed by atoms with Crippen LogP contribution in [0.4, 0.5) is 11.4 Å². The molecule has 0 saturated carbocycles. The summed E-state index contributed by atoms with van der Waals surface area (Å²) in [5.74, 6) is -1.77. The molecular weight excluding hydrogens is 640 g/mol. The summed E-state index contributed by atoms with van der Waals surface area (Å²) in [5.41, 5.74) is 1.80. The molecule has 3 fully saturated rings. The number of aliphatic hydroxyl groups excluding tert-OH is 1. The van der Waals surface area contributed by atoms with Crippen LogP contribution < -0.4 is 9.80 Å². The van der Waals surface area contributed by atoms with Gasteiger partial charge in [0.2, 0.25) is 11.8 Å². The topological polar surface area (TPSA) is 84.4 Å². The predicted octanol–water partition coefficient (Wildman–Crippen LogP) is 4.96. The second-order valence-corrected chi connectivity index (χ2v) is 15.1. The summed E-state index contributed by atoms with van der Waals surface area (Å²) in [7, 11) is 0. The van der Waals surface area contributed by atoms with E-state index in [-0.39, 0.29) is 46.9 Å². The number of aliphatic hydroxyl groups is 1. The lowest BCUT2D eigenvalue weighted by molar-refractivity contribution is -0.146. The fourth-order valence-corrected chi connectivity index (χ4v) is 11.2. The molecule has 3 saturated heterocycles. The molecule has 10 heteroatoms. The number of thioether (sulfide) groups is 1. The molecule has 44 heavy (non-hydrogen) atoms. The maximum absolute atomic E-state index is 15.0. The molecular formula is C34H49BrN4O4S. The summed E-state index contributed by atoms with van der Waals surface area (Å²) in [6.45, 7) is 20.7. The van der Waals surface area contributed by atoms with E-state index >= 15 is 0 Å². The van der Waals surface area contributed by atoms with Crippen molar-refractivity contribution in [3.05, 3.63) is 49.6 Å². The maximum Gasteiger partial charge on any atom is 0.251 e. The average molecular weight is 690 g/mol. The Labute approximate surface area is 276 Å². The van der Waals surface area contributed by atoms with Crippen molar-refractivity contribution < 1.29 is 19.5 Å². The SMILES string of the molecule is C=CCN(CCC)C(=O)[C@H]1[C@H]2C(=O)N([C@@H](CO)C(C)C)C(C(=O)N(CC=C)c3ccc(N(CC)CC)cc3)C23CC(Br)[C@@H]1S3. The molecule has 3 aliphatic rings. The Morgan fingerprint density at radius 3 is 2.23 bits per heavy atom. The van der Waals surface area contributed by atoms with Crippen LogP contribution in [0, 0.1) is 17.8 Å². The number of hydrogen-bond donors (Lipinski definition) is 1. The van der Waals surface area contributed by atoms with Crippen molar-refractivity contribution >= 4 is 56.8 Å². The standard InChI is InChI=1S/C34H49BrN4O4S/c1-8-17-37(18-9-2)31(41)27-28-32(42)39(26(21-40)22(6)7)30(34(28)20-25(35)29(27)44-34)33(43)38(19-10-3)24-15-13-23(14-16-24)36(11-4)12-5/h8,10,13-16,22,25-30,40H,1,3,9,11-12,17-21H2,2,4-7H3/t25?,26-,27-,28-,29-,30?,34?/m0/s1. The monoisotopic (exact) mass is 688 g/mol. The van der Waals surface area contributed by atoms with Gasteiger partial charge in [0.05, 0.1) is 29.2 Å². The lowest BCUT2D eigenvalue weighted by Crippen LogP contribution is -2.59. The number of alkyl halides is 1. The summed E-state index contributed by atoms with van der Waals surface area (Å²) in [5, 5.41) is 10.5. The molecule has 1 aromatic rings. The number of halogens is 1. The molecule has 0 aromatic heterocycles. The van der Waals surface area contributed by atoms with Crippen molar-refractivity contribution in [2.45, 2.75) is 74.4 Å². The third-order valence-electron chi connectivity index (χ3n) is 9.58. The van der Waals surface area contributed by atoms with Crippen LogP contribution in [0.3, 0.4) is 0 Å². The zero-order chi connectivity index (χ0) is 32.3. The second kappa shape index (κ2) is 14.4. The quantitative estimate of drug-likeness (QED) is 0.207. The molecule has 2 bridgehead atoms. The average Bonchev–Trinajstić information content (AvgIpc) is 3.60. The van der Waals surface area contributed by atoms with E-state index < -0.39 is 28.7 Å². The van der Waals surface area contributed by atoms with E-state index in [0.29, 0.717) is 19.5 Å². The van der Waals surface area contributed by atoms with Crippen LogP contribution in [0.5, 0.6) is 0 Å². The number of carbonyl (C=O) groups excluding carboxylic acids is 3. The van der Waals surface area contributed by atoms with Gasteiger partial charge >= 0.3 is 0 Å². The molecule has 3 amide bonds. The van der Waals surface area contributed by atoms with E-state index in [2.05, 4.69) is 47.8 Å². The van der Waals surface area contributed by atoms with Gasteiger partial charge in [-0.1, -0.05) is 48.9 Å². The smallest absolute Gasteiger partial charge is 0.251 e. The lowest BCUT2D eigenvalue weighted by Gasteiger charge is -2.41. The van der Waals surface area contributed by atoms with Gasteiger partial charge in [-0.3, -0.25) is 14.4 Å². The highest BCUT2D eigenvalue weighted by Gasteiger charge is 2.76. The number of fused-ring (bicyclic) bond motifs is 1. The number of likely N-dealkylation sites (tertiary alicyclic amines) is 1. The van der Waals surface area contributed by atoms with Gasteiger partial charge in [0.25, 0.3) is 5.91 Å². The molecule has 4 rings (SSSR count). The molecule has 0 radical (unpaired) electrons. The molecule has 3 aliphatic heterocycles. The minimum absolute atomic E-state index is 0.0270. The number of benzene rings is 1. The molecule has 1 spiro atoms. The van der Waals surface area contributed by atoms with Crippen LogP contribution >= 0.6 is 27.7 Å². The highest BCUT2D eigenvalue weighted by Crippen LogP contribution is 2.68. The van der Waals surface area contributed by atoms with Crippen LogP contribution in [-0.2, 0) is 14.4 Å². The third kappa shape index (κ3) is 5.86. The van der Waals surface area contributed by atoms with Gasteiger partial charge < -0.3 is 24.7 Å². The Balaban J connectivity index is 1.82. The van der Waals surface area contributed by atoms with E-state index in [0.717, 1.165) is 30.9 Å². The van der Waals surface area contributed by atoms with Crippen molar-refractivity contribution in [2.75, 3.05) is 49.1 Å². The van der Waals surface area contributed by atoms with E-state index in [1.807, 2.05) is 45.0 Å². The molecule has 0 aliphatic carbocycles. The Hall–Kier alpha value is -2.30. The first-order valence-electron chi connectivity index (χ1n) is 16.0. The van der Waals surface area contributed by atoms with Crippen LogP contribution in [0.2, 0.25) is 0 Å². The van der Waals surface area contributed by atoms with Crippen LogP contribution in [0.1, 0.15) is 47.5 Å². The number of rotatable bonds is 15. The molecule has 7 atom stereocenters. The summed E-state index contributed by atoms with van der Waals surface area (Å²) in [6, 6.07) is 6.55. The van der Waals surface area contributed by atoms with Crippen molar-refractivity contribution in [1.29, 1.82) is 0 Å². The Morgan fingerprint density at radius 1 is 1.09 bits per heavy atom. The van der Waals surface area contributed by atoms with Crippen LogP contribution in [0.25, 0.3) is 0 Å².